The monoisotopic (exact) mass is 597 g/mol. The predicted octanol–water partition coefficient (Wildman–Crippen LogP) is 9.21. The molecule has 0 saturated heterocycles. The van der Waals surface area contributed by atoms with Gasteiger partial charge < -0.3 is 14.2 Å². The molecule has 0 bridgehead atoms. The van der Waals surface area contributed by atoms with Gasteiger partial charge in [-0.2, -0.15) is 4.99 Å². The first kappa shape index (κ1) is 33.1. The molecule has 6 nitrogen and oxygen atoms in total. The summed E-state index contributed by atoms with van der Waals surface area (Å²) in [4.78, 5) is 9.83. The molecular formula is C38H51N3O3. The zero-order valence-electron chi connectivity index (χ0n) is 27.5. The van der Waals surface area contributed by atoms with Crippen molar-refractivity contribution in [2.24, 2.45) is 9.98 Å². The number of rotatable bonds is 17. The smallest absolute Gasteiger partial charge is 0.301 e. The van der Waals surface area contributed by atoms with Crippen LogP contribution < -0.4 is 19.5 Å². The maximum Gasteiger partial charge on any atom is 0.301 e. The number of ether oxygens (including phenoxy) is 3. The second-order valence-corrected chi connectivity index (χ2v) is 11.4. The third kappa shape index (κ3) is 8.87. The fraction of sp³-hybridized carbons (Fsp3) is 0.474. The number of aliphatic imine (C=N–C) groups is 2. The van der Waals surface area contributed by atoms with Crippen molar-refractivity contribution < 1.29 is 14.2 Å². The largest absolute Gasteiger partial charge is 0.496 e. The number of para-hydroxylation sites is 3. The zero-order chi connectivity index (χ0) is 31.1. The average Bonchev–Trinajstić information content (AvgIpc) is 3.06. The van der Waals surface area contributed by atoms with E-state index < -0.39 is 6.35 Å². The SMILES string of the molecule is CCCCCCc1cccc(CC)c1OC1=NC(Oc2c(CC)cccc2CCCCCC)N=C(c2ccccc2OC)N1. The van der Waals surface area contributed by atoms with Crippen molar-refractivity contribution in [2.75, 3.05) is 7.11 Å². The molecule has 0 spiro atoms. The summed E-state index contributed by atoms with van der Waals surface area (Å²) in [6, 6.07) is 21.1. The highest BCUT2D eigenvalue weighted by molar-refractivity contribution is 6.10. The van der Waals surface area contributed by atoms with Crippen molar-refractivity contribution in [3.63, 3.8) is 0 Å². The van der Waals surface area contributed by atoms with Crippen molar-refractivity contribution in [1.82, 2.24) is 5.32 Å². The van der Waals surface area contributed by atoms with E-state index in [0.717, 1.165) is 72.5 Å². The lowest BCUT2D eigenvalue weighted by Gasteiger charge is -2.25. The van der Waals surface area contributed by atoms with Crippen LogP contribution >= 0.6 is 0 Å². The molecule has 4 rings (SSSR count). The summed E-state index contributed by atoms with van der Waals surface area (Å²) < 4.78 is 19.1. The van der Waals surface area contributed by atoms with Crippen molar-refractivity contribution >= 4 is 11.9 Å². The van der Waals surface area contributed by atoms with Gasteiger partial charge in [-0.25, -0.2) is 4.99 Å². The molecule has 0 saturated carbocycles. The van der Waals surface area contributed by atoms with E-state index in [4.69, 9.17) is 24.2 Å². The summed E-state index contributed by atoms with van der Waals surface area (Å²) in [5.41, 5.74) is 5.55. The maximum atomic E-state index is 6.70. The van der Waals surface area contributed by atoms with E-state index in [9.17, 15) is 0 Å². The van der Waals surface area contributed by atoms with Crippen LogP contribution in [0.4, 0.5) is 0 Å². The molecular weight excluding hydrogens is 546 g/mol. The summed E-state index contributed by atoms with van der Waals surface area (Å²) in [5, 5.41) is 3.37. The van der Waals surface area contributed by atoms with Crippen molar-refractivity contribution in [2.45, 2.75) is 111 Å². The first-order valence-electron chi connectivity index (χ1n) is 16.7. The van der Waals surface area contributed by atoms with Crippen LogP contribution in [0.3, 0.4) is 0 Å². The highest BCUT2D eigenvalue weighted by Gasteiger charge is 2.25. The second-order valence-electron chi connectivity index (χ2n) is 11.4. The van der Waals surface area contributed by atoms with Gasteiger partial charge in [-0.3, -0.25) is 5.32 Å². The van der Waals surface area contributed by atoms with E-state index in [-0.39, 0.29) is 0 Å². The van der Waals surface area contributed by atoms with Gasteiger partial charge in [0.2, 0.25) is 0 Å². The zero-order valence-corrected chi connectivity index (χ0v) is 27.5. The van der Waals surface area contributed by atoms with Crippen molar-refractivity contribution in [1.29, 1.82) is 0 Å². The minimum atomic E-state index is -0.810. The summed E-state index contributed by atoms with van der Waals surface area (Å²) in [5.74, 6) is 3.09. The molecule has 6 heteroatoms. The molecule has 44 heavy (non-hydrogen) atoms. The number of nitrogens with zero attached hydrogens (tertiary/aromatic N) is 2. The van der Waals surface area contributed by atoms with Crippen LogP contribution in [0.25, 0.3) is 0 Å². The fourth-order valence-electron chi connectivity index (χ4n) is 5.68. The van der Waals surface area contributed by atoms with Crippen LogP contribution in [0.15, 0.2) is 70.6 Å². The Kier molecular flexibility index (Phi) is 13.2. The molecule has 0 fully saturated rings. The number of hydrogen-bond acceptors (Lipinski definition) is 6. The van der Waals surface area contributed by atoms with Crippen molar-refractivity contribution in [3.05, 3.63) is 88.5 Å². The van der Waals surface area contributed by atoms with E-state index in [1.807, 2.05) is 24.3 Å². The minimum absolute atomic E-state index is 0.375. The quantitative estimate of drug-likeness (QED) is 0.158. The summed E-state index contributed by atoms with van der Waals surface area (Å²) in [6.07, 6.45) is 12.5. The molecule has 1 unspecified atom stereocenters. The van der Waals surface area contributed by atoms with Crippen LogP contribution in [0.1, 0.15) is 107 Å². The van der Waals surface area contributed by atoms with Gasteiger partial charge in [-0.05, 0) is 72.9 Å². The molecule has 1 N–H and O–H groups in total. The first-order chi connectivity index (χ1) is 21.6. The Labute approximate surface area is 265 Å². The molecule has 0 aromatic heterocycles. The molecule has 3 aromatic carbocycles. The molecule has 1 aliphatic heterocycles. The van der Waals surface area contributed by atoms with E-state index in [1.165, 1.54) is 49.7 Å². The number of benzene rings is 3. The van der Waals surface area contributed by atoms with Gasteiger partial charge in [-0.1, -0.05) is 115 Å². The van der Waals surface area contributed by atoms with Crippen LogP contribution in [-0.2, 0) is 25.7 Å². The number of aryl methyl sites for hydroxylation is 4. The van der Waals surface area contributed by atoms with Crippen LogP contribution in [0, 0.1) is 0 Å². The Morgan fingerprint density at radius 1 is 0.636 bits per heavy atom. The maximum absolute atomic E-state index is 6.70. The number of unbranched alkanes of at least 4 members (excludes halogenated alkanes) is 6. The number of hydrogen-bond donors (Lipinski definition) is 1. The summed E-state index contributed by atoms with van der Waals surface area (Å²) in [6.45, 7) is 8.81. The van der Waals surface area contributed by atoms with Gasteiger partial charge >= 0.3 is 6.02 Å². The van der Waals surface area contributed by atoms with Crippen LogP contribution in [-0.4, -0.2) is 25.3 Å². The standard InChI is InChI=1S/C38H51N3O3/c1-6-10-12-14-20-30-24-18-22-28(8-3)34(30)43-37-39-36(32-26-16-17-27-33(32)42-5)40-38(41-37)44-35-29(9-4)23-19-25-31(35)21-15-13-11-7-2/h16-19,22-27,37H,6-15,20-21H2,1-5H3,(H,39,40,41). The molecule has 0 radical (unpaired) electrons. The molecule has 1 aliphatic rings. The summed E-state index contributed by atoms with van der Waals surface area (Å²) >= 11 is 0. The van der Waals surface area contributed by atoms with E-state index in [0.29, 0.717) is 11.9 Å². The Balaban J connectivity index is 1.70. The van der Waals surface area contributed by atoms with Gasteiger partial charge in [0, 0.05) is 0 Å². The highest BCUT2D eigenvalue weighted by Crippen LogP contribution is 2.31. The van der Waals surface area contributed by atoms with E-state index in [1.54, 1.807) is 7.11 Å². The average molecular weight is 598 g/mol. The second kappa shape index (κ2) is 17.5. The molecule has 3 aromatic rings. The van der Waals surface area contributed by atoms with E-state index in [2.05, 4.69) is 69.4 Å². The van der Waals surface area contributed by atoms with Gasteiger partial charge in [-0.15, -0.1) is 0 Å². The van der Waals surface area contributed by atoms with Crippen LogP contribution in [0.2, 0.25) is 0 Å². The third-order valence-corrected chi connectivity index (χ3v) is 8.19. The Bertz CT molecular complexity index is 1400. The lowest BCUT2D eigenvalue weighted by atomic mass is 10.0. The highest BCUT2D eigenvalue weighted by atomic mass is 16.5. The number of amidine groups is 2. The van der Waals surface area contributed by atoms with Gasteiger partial charge in [0.25, 0.3) is 6.35 Å². The normalized spacial score (nSPS) is 14.4. The lowest BCUT2D eigenvalue weighted by Crippen LogP contribution is -2.42. The van der Waals surface area contributed by atoms with Gasteiger partial charge in [0.05, 0.1) is 12.7 Å². The molecule has 0 amide bonds. The molecule has 1 atom stereocenters. The number of nitrogens with one attached hydrogen (secondary N) is 1. The predicted molar refractivity (Wildman–Crippen MR) is 182 cm³/mol. The number of methoxy groups -OCH3 is 1. The lowest BCUT2D eigenvalue weighted by molar-refractivity contribution is 0.211. The van der Waals surface area contributed by atoms with Gasteiger partial charge in [0.15, 0.2) is 0 Å². The molecule has 0 aliphatic carbocycles. The fourth-order valence-corrected chi connectivity index (χ4v) is 5.68. The first-order valence-corrected chi connectivity index (χ1v) is 16.7. The molecule has 1 heterocycles. The minimum Gasteiger partial charge on any atom is -0.496 e. The Morgan fingerprint density at radius 2 is 1.23 bits per heavy atom. The topological polar surface area (TPSA) is 64.4 Å². The van der Waals surface area contributed by atoms with Crippen LogP contribution in [0.5, 0.6) is 17.2 Å². The Morgan fingerprint density at radius 3 is 1.84 bits per heavy atom. The van der Waals surface area contributed by atoms with Gasteiger partial charge in [0.1, 0.15) is 23.1 Å². The third-order valence-electron chi connectivity index (χ3n) is 8.19. The Hall–Kier alpha value is -3.80. The summed E-state index contributed by atoms with van der Waals surface area (Å²) in [7, 11) is 1.67. The van der Waals surface area contributed by atoms with Crippen molar-refractivity contribution in [3.8, 4) is 17.2 Å². The van der Waals surface area contributed by atoms with E-state index >= 15 is 0 Å². The molecule has 236 valence electrons.